The minimum Gasteiger partial charge on any atom is -0.377 e. The largest absolute Gasteiger partial charge is 0.377 e. The van der Waals surface area contributed by atoms with E-state index in [-0.39, 0.29) is 0 Å². The fourth-order valence-corrected chi connectivity index (χ4v) is 3.13. The Morgan fingerprint density at radius 1 is 1.43 bits per heavy atom. The highest BCUT2D eigenvalue weighted by atomic mass is 16.5. The van der Waals surface area contributed by atoms with Gasteiger partial charge in [0.05, 0.1) is 18.3 Å². The number of rotatable bonds is 8. The molecule has 1 aliphatic heterocycles. The lowest BCUT2D eigenvalue weighted by atomic mass is 10.2. The summed E-state index contributed by atoms with van der Waals surface area (Å²) < 4.78 is 7.81. The average Bonchev–Trinajstić information content (AvgIpc) is 2.98. The maximum atomic E-state index is 5.82. The van der Waals surface area contributed by atoms with Crippen molar-refractivity contribution in [3.63, 3.8) is 0 Å². The number of hydrogen-bond acceptors (Lipinski definition) is 3. The first-order valence-electron chi connectivity index (χ1n) is 8.22. The number of nitrogens with zero attached hydrogens (tertiary/aromatic N) is 3. The van der Waals surface area contributed by atoms with Crippen LogP contribution in [-0.4, -0.2) is 40.5 Å². The van der Waals surface area contributed by atoms with E-state index in [0.29, 0.717) is 6.10 Å². The summed E-state index contributed by atoms with van der Waals surface area (Å²) in [5.74, 6) is 0.912. The summed E-state index contributed by atoms with van der Waals surface area (Å²) in [4.78, 5) is 2.58. The van der Waals surface area contributed by atoms with Crippen molar-refractivity contribution in [1.29, 1.82) is 0 Å². The van der Waals surface area contributed by atoms with Crippen LogP contribution in [-0.2, 0) is 17.8 Å². The van der Waals surface area contributed by atoms with Crippen molar-refractivity contribution in [1.82, 2.24) is 14.7 Å². The molecule has 1 saturated heterocycles. The lowest BCUT2D eigenvalue weighted by Gasteiger charge is -2.25. The van der Waals surface area contributed by atoms with Gasteiger partial charge in [-0.05, 0) is 38.5 Å². The lowest BCUT2D eigenvalue weighted by molar-refractivity contribution is 0.0688. The minimum absolute atomic E-state index is 0.437. The molecule has 1 aromatic heterocycles. The van der Waals surface area contributed by atoms with Gasteiger partial charge in [-0.1, -0.05) is 6.08 Å². The zero-order chi connectivity index (χ0) is 14.7. The summed E-state index contributed by atoms with van der Waals surface area (Å²) in [5, 5.41) is 4.57. The minimum atomic E-state index is 0.437. The predicted molar refractivity (Wildman–Crippen MR) is 84.1 cm³/mol. The topological polar surface area (TPSA) is 30.3 Å². The van der Waals surface area contributed by atoms with E-state index < -0.39 is 0 Å². The fourth-order valence-electron chi connectivity index (χ4n) is 3.13. The van der Waals surface area contributed by atoms with E-state index >= 15 is 0 Å². The molecule has 2 aliphatic rings. The van der Waals surface area contributed by atoms with Crippen LogP contribution in [0.3, 0.4) is 0 Å². The predicted octanol–water partition coefficient (Wildman–Crippen LogP) is 2.77. The second-order valence-electron chi connectivity index (χ2n) is 6.52. The van der Waals surface area contributed by atoms with Crippen molar-refractivity contribution < 1.29 is 4.74 Å². The Balaban J connectivity index is 1.62. The second-order valence-corrected chi connectivity index (χ2v) is 6.52. The van der Waals surface area contributed by atoms with E-state index in [1.54, 1.807) is 0 Å². The first kappa shape index (κ1) is 14.8. The van der Waals surface area contributed by atoms with Crippen molar-refractivity contribution in [2.45, 2.75) is 51.8 Å². The molecule has 3 rings (SSSR count). The quantitative estimate of drug-likeness (QED) is 0.689. The Bertz CT molecular complexity index is 472. The van der Waals surface area contributed by atoms with Crippen molar-refractivity contribution in [2.75, 3.05) is 19.7 Å². The van der Waals surface area contributed by atoms with Crippen molar-refractivity contribution >= 4 is 0 Å². The molecule has 0 bridgehead atoms. The van der Waals surface area contributed by atoms with Gasteiger partial charge >= 0.3 is 0 Å². The van der Waals surface area contributed by atoms with E-state index in [1.165, 1.54) is 37.8 Å². The molecule has 1 aromatic rings. The molecule has 0 spiro atoms. The van der Waals surface area contributed by atoms with Gasteiger partial charge in [-0.15, -0.1) is 6.58 Å². The van der Waals surface area contributed by atoms with E-state index in [4.69, 9.17) is 4.74 Å². The monoisotopic (exact) mass is 289 g/mol. The van der Waals surface area contributed by atoms with Gasteiger partial charge in [0.15, 0.2) is 0 Å². The van der Waals surface area contributed by atoms with Crippen LogP contribution in [0.25, 0.3) is 0 Å². The summed E-state index contributed by atoms with van der Waals surface area (Å²) in [5.41, 5.74) is 2.49. The van der Waals surface area contributed by atoms with Gasteiger partial charge in [0.2, 0.25) is 0 Å². The summed E-state index contributed by atoms with van der Waals surface area (Å²) in [6.07, 6.45) is 9.74. The van der Waals surface area contributed by atoms with Gasteiger partial charge in [0, 0.05) is 38.0 Å². The molecule has 0 radical (unpaired) electrons. The third-order valence-corrected chi connectivity index (χ3v) is 4.46. The van der Waals surface area contributed by atoms with Crippen LogP contribution < -0.4 is 0 Å². The Morgan fingerprint density at radius 2 is 2.29 bits per heavy atom. The summed E-state index contributed by atoms with van der Waals surface area (Å²) >= 11 is 0. The van der Waals surface area contributed by atoms with Crippen LogP contribution in [0.2, 0.25) is 0 Å². The normalized spacial score (nSPS) is 22.1. The zero-order valence-electron chi connectivity index (χ0n) is 13.1. The SMILES string of the molecule is C=CCn1cc(CN(CC2CC2)CC2CCCO2)c(C)n1. The van der Waals surface area contributed by atoms with Gasteiger partial charge in [0.25, 0.3) is 0 Å². The molecular weight excluding hydrogens is 262 g/mol. The summed E-state index contributed by atoms with van der Waals surface area (Å²) in [6, 6.07) is 0. The number of allylic oxidation sites excluding steroid dienone is 1. The molecule has 0 N–H and O–H groups in total. The van der Waals surface area contributed by atoms with E-state index in [0.717, 1.165) is 37.9 Å². The van der Waals surface area contributed by atoms with Crippen molar-refractivity contribution in [2.24, 2.45) is 5.92 Å². The first-order valence-corrected chi connectivity index (χ1v) is 8.22. The number of aromatic nitrogens is 2. The molecule has 0 amide bonds. The van der Waals surface area contributed by atoms with Gasteiger partial charge in [-0.25, -0.2) is 0 Å². The summed E-state index contributed by atoms with van der Waals surface area (Å²) in [6.45, 7) is 10.9. The van der Waals surface area contributed by atoms with Crippen LogP contribution in [0.5, 0.6) is 0 Å². The van der Waals surface area contributed by atoms with Crippen LogP contribution >= 0.6 is 0 Å². The molecule has 1 aliphatic carbocycles. The average molecular weight is 289 g/mol. The molecule has 116 valence electrons. The third kappa shape index (κ3) is 4.17. The molecular formula is C17H27N3O. The molecule has 2 heterocycles. The number of ether oxygens (including phenoxy) is 1. The van der Waals surface area contributed by atoms with Gasteiger partial charge in [-0.2, -0.15) is 5.10 Å². The maximum absolute atomic E-state index is 5.82. The smallest absolute Gasteiger partial charge is 0.0702 e. The van der Waals surface area contributed by atoms with E-state index in [1.807, 2.05) is 10.8 Å². The highest BCUT2D eigenvalue weighted by Gasteiger charge is 2.27. The van der Waals surface area contributed by atoms with Gasteiger partial charge in [-0.3, -0.25) is 9.58 Å². The maximum Gasteiger partial charge on any atom is 0.0702 e. The lowest BCUT2D eigenvalue weighted by Crippen LogP contribution is -2.33. The Kier molecular flexibility index (Phi) is 4.76. The molecule has 4 heteroatoms. The van der Waals surface area contributed by atoms with Crippen molar-refractivity contribution in [3.05, 3.63) is 30.1 Å². The standard InChI is InChI=1S/C17H27N3O/c1-3-8-20-12-16(14(2)18-20)11-19(10-15-6-7-15)13-17-5-4-9-21-17/h3,12,15,17H,1,4-11,13H2,2H3. The number of aryl methyl sites for hydroxylation is 1. The molecule has 4 nitrogen and oxygen atoms in total. The Hall–Kier alpha value is -1.13. The molecule has 1 saturated carbocycles. The summed E-state index contributed by atoms with van der Waals surface area (Å²) in [7, 11) is 0. The highest BCUT2D eigenvalue weighted by molar-refractivity contribution is 5.15. The van der Waals surface area contributed by atoms with Gasteiger partial charge in [0.1, 0.15) is 0 Å². The number of hydrogen-bond donors (Lipinski definition) is 0. The fraction of sp³-hybridized carbons (Fsp3) is 0.706. The van der Waals surface area contributed by atoms with Gasteiger partial charge < -0.3 is 4.74 Å². The highest BCUT2D eigenvalue weighted by Crippen LogP contribution is 2.31. The molecule has 0 aromatic carbocycles. The molecule has 2 fully saturated rings. The van der Waals surface area contributed by atoms with E-state index in [9.17, 15) is 0 Å². The van der Waals surface area contributed by atoms with Crippen molar-refractivity contribution in [3.8, 4) is 0 Å². The second kappa shape index (κ2) is 6.75. The zero-order valence-corrected chi connectivity index (χ0v) is 13.1. The molecule has 1 unspecified atom stereocenters. The van der Waals surface area contributed by atoms with Crippen LogP contribution in [0.4, 0.5) is 0 Å². The first-order chi connectivity index (χ1) is 10.2. The van der Waals surface area contributed by atoms with Crippen LogP contribution in [0.15, 0.2) is 18.9 Å². The van der Waals surface area contributed by atoms with Crippen LogP contribution in [0, 0.1) is 12.8 Å². The molecule has 1 atom stereocenters. The van der Waals surface area contributed by atoms with Crippen LogP contribution in [0.1, 0.15) is 36.9 Å². The Labute approximate surface area is 127 Å². The van der Waals surface area contributed by atoms with E-state index in [2.05, 4.69) is 29.7 Å². The Morgan fingerprint density at radius 3 is 2.95 bits per heavy atom. The third-order valence-electron chi connectivity index (χ3n) is 4.46. The molecule has 21 heavy (non-hydrogen) atoms.